The normalized spacial score (nSPS) is 14.8. The third-order valence-electron chi connectivity index (χ3n) is 3.08. The second-order valence-electron chi connectivity index (χ2n) is 4.14. The van der Waals surface area contributed by atoms with Crippen LogP contribution < -0.4 is 5.73 Å². The highest BCUT2D eigenvalue weighted by atomic mass is 79.9. The molecule has 0 spiro atoms. The number of nitrogens with zero attached hydrogens (tertiary/aromatic N) is 1. The molecule has 0 saturated carbocycles. The average Bonchev–Trinajstić information content (AvgIpc) is 2.38. The Hall–Kier alpha value is -0.550. The summed E-state index contributed by atoms with van der Waals surface area (Å²) < 4.78 is 6.13. The highest BCUT2D eigenvalue weighted by molar-refractivity contribution is 9.10. The summed E-state index contributed by atoms with van der Waals surface area (Å²) >= 11 is 15.7. The number of nitrogen functional groups attached to an aromatic ring is 1. The fraction of sp³-hybridized carbons (Fsp3) is 0.250. The standard InChI is InChI=1S/C12H9BrCl2N2O/c13-7-3-5-11(16)6-4-18-2-1-8(6)17-12(5)10(15)9(7)14/h3H,1-2,4H2,(H2,16,17). The van der Waals surface area contributed by atoms with Crippen molar-refractivity contribution < 1.29 is 4.74 Å². The Bertz CT molecular complexity index is 661. The molecule has 18 heavy (non-hydrogen) atoms. The van der Waals surface area contributed by atoms with Gasteiger partial charge >= 0.3 is 0 Å². The topological polar surface area (TPSA) is 48.1 Å². The molecule has 0 fully saturated rings. The molecular weight excluding hydrogens is 339 g/mol. The Balaban J connectivity index is 2.42. The number of benzene rings is 1. The van der Waals surface area contributed by atoms with Crippen molar-refractivity contribution in [3.63, 3.8) is 0 Å². The van der Waals surface area contributed by atoms with Crippen molar-refractivity contribution in [3.8, 4) is 0 Å². The number of nitrogens with two attached hydrogens (primary N) is 1. The first-order chi connectivity index (χ1) is 8.59. The molecule has 0 unspecified atom stereocenters. The summed E-state index contributed by atoms with van der Waals surface area (Å²) in [5.41, 5.74) is 9.42. The van der Waals surface area contributed by atoms with E-state index in [4.69, 9.17) is 33.7 Å². The molecule has 0 bridgehead atoms. The van der Waals surface area contributed by atoms with Gasteiger partial charge < -0.3 is 10.5 Å². The van der Waals surface area contributed by atoms with E-state index in [2.05, 4.69) is 20.9 Å². The largest absolute Gasteiger partial charge is 0.398 e. The van der Waals surface area contributed by atoms with Gasteiger partial charge in [0.15, 0.2) is 0 Å². The van der Waals surface area contributed by atoms with Crippen LogP contribution in [0, 0.1) is 0 Å². The highest BCUT2D eigenvalue weighted by Gasteiger charge is 2.20. The van der Waals surface area contributed by atoms with Gasteiger partial charge in [0.25, 0.3) is 0 Å². The van der Waals surface area contributed by atoms with E-state index >= 15 is 0 Å². The lowest BCUT2D eigenvalue weighted by Gasteiger charge is -2.19. The zero-order valence-corrected chi connectivity index (χ0v) is 12.4. The molecule has 2 heterocycles. The number of ether oxygens (including phenoxy) is 1. The predicted molar refractivity (Wildman–Crippen MR) is 77.2 cm³/mol. The Morgan fingerprint density at radius 1 is 1.33 bits per heavy atom. The molecule has 3 rings (SSSR count). The summed E-state index contributed by atoms with van der Waals surface area (Å²) in [5.74, 6) is 0. The van der Waals surface area contributed by atoms with E-state index in [-0.39, 0.29) is 0 Å². The lowest BCUT2D eigenvalue weighted by atomic mass is 10.0. The molecule has 0 amide bonds. The average molecular weight is 348 g/mol. The Morgan fingerprint density at radius 2 is 2.11 bits per heavy atom. The predicted octanol–water partition coefficient (Wildman–Crippen LogP) is 3.96. The molecular formula is C12H9BrCl2N2O. The summed E-state index contributed by atoms with van der Waals surface area (Å²) in [6.07, 6.45) is 0.749. The minimum absolute atomic E-state index is 0.432. The summed E-state index contributed by atoms with van der Waals surface area (Å²) in [6, 6.07) is 1.85. The number of halogens is 3. The summed E-state index contributed by atoms with van der Waals surface area (Å²) in [5, 5.41) is 1.70. The lowest BCUT2D eigenvalue weighted by Crippen LogP contribution is -2.14. The maximum absolute atomic E-state index is 6.23. The first-order valence-corrected chi connectivity index (χ1v) is 6.96. The molecule has 1 aromatic carbocycles. The van der Waals surface area contributed by atoms with Gasteiger partial charge in [-0.05, 0) is 22.0 Å². The van der Waals surface area contributed by atoms with Crippen LogP contribution in [0.15, 0.2) is 10.5 Å². The molecule has 1 aromatic heterocycles. The van der Waals surface area contributed by atoms with E-state index < -0.39 is 0 Å². The van der Waals surface area contributed by atoms with Crippen LogP contribution in [0.5, 0.6) is 0 Å². The maximum Gasteiger partial charge on any atom is 0.0928 e. The quantitative estimate of drug-likeness (QED) is 0.734. The van der Waals surface area contributed by atoms with Crippen LogP contribution in [0.4, 0.5) is 5.69 Å². The number of rotatable bonds is 0. The number of hydrogen-bond acceptors (Lipinski definition) is 3. The van der Waals surface area contributed by atoms with Crippen molar-refractivity contribution in [3.05, 3.63) is 31.8 Å². The fourth-order valence-electron chi connectivity index (χ4n) is 2.13. The van der Waals surface area contributed by atoms with Crippen molar-refractivity contribution in [2.45, 2.75) is 13.0 Å². The first kappa shape index (κ1) is 12.5. The smallest absolute Gasteiger partial charge is 0.0928 e. The van der Waals surface area contributed by atoms with Gasteiger partial charge in [-0.15, -0.1) is 0 Å². The van der Waals surface area contributed by atoms with E-state index in [1.165, 1.54) is 0 Å². The third-order valence-corrected chi connectivity index (χ3v) is 4.79. The molecule has 0 radical (unpaired) electrons. The van der Waals surface area contributed by atoms with Crippen molar-refractivity contribution in [2.24, 2.45) is 0 Å². The van der Waals surface area contributed by atoms with Crippen LogP contribution in [0.1, 0.15) is 11.3 Å². The molecule has 3 nitrogen and oxygen atoms in total. The van der Waals surface area contributed by atoms with Gasteiger partial charge in [0.1, 0.15) is 0 Å². The van der Waals surface area contributed by atoms with Crippen molar-refractivity contribution in [2.75, 3.05) is 12.3 Å². The van der Waals surface area contributed by atoms with Crippen molar-refractivity contribution in [1.29, 1.82) is 0 Å². The van der Waals surface area contributed by atoms with Crippen LogP contribution in [0.25, 0.3) is 10.9 Å². The van der Waals surface area contributed by atoms with Crippen LogP contribution in [0.2, 0.25) is 10.0 Å². The minimum Gasteiger partial charge on any atom is -0.398 e. The van der Waals surface area contributed by atoms with Gasteiger partial charge in [0.05, 0.1) is 34.5 Å². The number of aromatic nitrogens is 1. The van der Waals surface area contributed by atoms with Crippen LogP contribution in [-0.2, 0) is 17.8 Å². The molecule has 1 aliphatic heterocycles. The molecule has 2 N–H and O–H groups in total. The number of fused-ring (bicyclic) bond motifs is 2. The highest BCUT2D eigenvalue weighted by Crippen LogP contribution is 2.40. The number of pyridine rings is 1. The van der Waals surface area contributed by atoms with E-state index in [0.29, 0.717) is 38.9 Å². The zero-order valence-electron chi connectivity index (χ0n) is 9.27. The van der Waals surface area contributed by atoms with Crippen molar-refractivity contribution in [1.82, 2.24) is 4.98 Å². The van der Waals surface area contributed by atoms with E-state index in [9.17, 15) is 0 Å². The van der Waals surface area contributed by atoms with Gasteiger partial charge in [-0.1, -0.05) is 23.2 Å². The lowest BCUT2D eigenvalue weighted by molar-refractivity contribution is 0.110. The van der Waals surface area contributed by atoms with Gasteiger partial charge in [-0.2, -0.15) is 0 Å². The Morgan fingerprint density at radius 3 is 2.89 bits per heavy atom. The fourth-order valence-corrected chi connectivity index (χ4v) is 3.06. The van der Waals surface area contributed by atoms with Gasteiger partial charge in [0, 0.05) is 27.5 Å². The second kappa shape index (κ2) is 4.53. The SMILES string of the molecule is Nc1c2c(nc3c(Cl)c(Cl)c(Br)cc13)CCOC2. The monoisotopic (exact) mass is 346 g/mol. The van der Waals surface area contributed by atoms with Gasteiger partial charge in [-0.25, -0.2) is 0 Å². The Kier molecular flexibility index (Phi) is 3.14. The minimum atomic E-state index is 0.432. The summed E-state index contributed by atoms with van der Waals surface area (Å²) in [6.45, 7) is 1.16. The molecule has 0 saturated heterocycles. The molecule has 0 atom stereocenters. The second-order valence-corrected chi connectivity index (χ2v) is 5.75. The molecule has 1 aliphatic rings. The summed E-state index contributed by atoms with van der Waals surface area (Å²) in [4.78, 5) is 4.58. The van der Waals surface area contributed by atoms with E-state index in [1.54, 1.807) is 0 Å². The molecule has 0 aliphatic carbocycles. The van der Waals surface area contributed by atoms with Crippen LogP contribution in [-0.4, -0.2) is 11.6 Å². The molecule has 6 heteroatoms. The van der Waals surface area contributed by atoms with E-state index in [0.717, 1.165) is 23.1 Å². The number of hydrogen-bond donors (Lipinski definition) is 1. The zero-order chi connectivity index (χ0) is 12.9. The summed E-state index contributed by atoms with van der Waals surface area (Å²) in [7, 11) is 0. The third kappa shape index (κ3) is 1.79. The van der Waals surface area contributed by atoms with Gasteiger partial charge in [-0.3, -0.25) is 4.98 Å². The first-order valence-electron chi connectivity index (χ1n) is 5.41. The van der Waals surface area contributed by atoms with Crippen LogP contribution >= 0.6 is 39.1 Å². The molecule has 2 aromatic rings. The van der Waals surface area contributed by atoms with Crippen molar-refractivity contribution >= 4 is 55.7 Å². The van der Waals surface area contributed by atoms with Gasteiger partial charge in [0.2, 0.25) is 0 Å². The maximum atomic E-state index is 6.23. The molecule has 94 valence electrons. The Labute approximate surface area is 122 Å². The van der Waals surface area contributed by atoms with E-state index in [1.807, 2.05) is 6.07 Å². The van der Waals surface area contributed by atoms with Crippen LogP contribution in [0.3, 0.4) is 0 Å². The number of anilines is 1.